The molecule has 4 nitrogen and oxygen atoms in total. The summed E-state index contributed by atoms with van der Waals surface area (Å²) in [5.74, 6) is 0.682. The molecule has 2 N–H and O–H groups in total. The van der Waals surface area contributed by atoms with E-state index in [1.807, 2.05) is 12.1 Å². The number of fused-ring (bicyclic) bond motifs is 1. The van der Waals surface area contributed by atoms with E-state index in [0.717, 1.165) is 17.3 Å². The van der Waals surface area contributed by atoms with Gasteiger partial charge in [0.15, 0.2) is 0 Å². The second-order valence-electron chi connectivity index (χ2n) is 4.59. The predicted octanol–water partition coefficient (Wildman–Crippen LogP) is 1.64. The highest BCUT2D eigenvalue weighted by Gasteiger charge is 2.44. The first-order valence-electron chi connectivity index (χ1n) is 5.47. The fourth-order valence-corrected chi connectivity index (χ4v) is 2.52. The number of aromatic nitrogens is 2. The van der Waals surface area contributed by atoms with E-state index in [-0.39, 0.29) is 5.56 Å². The lowest BCUT2D eigenvalue weighted by Crippen LogP contribution is -2.32. The van der Waals surface area contributed by atoms with Crippen LogP contribution >= 0.6 is 15.9 Å². The Bertz CT molecular complexity index is 673. The Morgan fingerprint density at radius 2 is 2.18 bits per heavy atom. The number of benzene rings is 1. The molecule has 1 aromatic heterocycles. The van der Waals surface area contributed by atoms with Crippen molar-refractivity contribution in [1.82, 2.24) is 9.55 Å². The first-order valence-corrected chi connectivity index (χ1v) is 6.27. The van der Waals surface area contributed by atoms with Gasteiger partial charge >= 0.3 is 0 Å². The molecule has 2 aromatic rings. The minimum absolute atomic E-state index is 0.0389. The normalized spacial score (nSPS) is 17.4. The van der Waals surface area contributed by atoms with Crippen LogP contribution in [0.15, 0.2) is 27.5 Å². The van der Waals surface area contributed by atoms with Crippen LogP contribution in [0, 0.1) is 0 Å². The van der Waals surface area contributed by atoms with Gasteiger partial charge in [-0.05, 0) is 40.9 Å². The molecule has 0 spiro atoms. The highest BCUT2D eigenvalue weighted by atomic mass is 79.9. The van der Waals surface area contributed by atoms with E-state index in [4.69, 9.17) is 5.73 Å². The van der Waals surface area contributed by atoms with Crippen LogP contribution in [-0.2, 0) is 12.6 Å². The summed E-state index contributed by atoms with van der Waals surface area (Å²) in [7, 11) is 1.73. The highest BCUT2D eigenvalue weighted by molar-refractivity contribution is 9.10. The minimum atomic E-state index is -0.405. The molecular weight excluding hydrogens is 282 g/mol. The standard InChI is InChI=1S/C12H12BrN3O/c1-16-10(17)7-3-2-4-8(13)9(7)15-11(16)12(14)5-6-12/h2-4H,5-6,14H2,1H3. The average Bonchev–Trinajstić information content (AvgIpc) is 3.03. The molecule has 88 valence electrons. The molecule has 0 bridgehead atoms. The highest BCUT2D eigenvalue weighted by Crippen LogP contribution is 2.41. The number of rotatable bonds is 1. The Labute approximate surface area is 107 Å². The third kappa shape index (κ3) is 1.53. The van der Waals surface area contributed by atoms with Gasteiger partial charge in [-0.3, -0.25) is 9.36 Å². The van der Waals surface area contributed by atoms with Crippen LogP contribution in [0.4, 0.5) is 0 Å². The zero-order valence-corrected chi connectivity index (χ0v) is 11.0. The number of nitrogens with two attached hydrogens (primary N) is 1. The first-order chi connectivity index (χ1) is 8.03. The molecule has 0 unspecified atom stereocenters. The van der Waals surface area contributed by atoms with Gasteiger partial charge < -0.3 is 5.73 Å². The van der Waals surface area contributed by atoms with Gasteiger partial charge in [0, 0.05) is 11.5 Å². The van der Waals surface area contributed by atoms with Gasteiger partial charge in [-0.2, -0.15) is 0 Å². The molecule has 1 heterocycles. The van der Waals surface area contributed by atoms with Gasteiger partial charge in [-0.25, -0.2) is 4.98 Å². The number of halogens is 1. The van der Waals surface area contributed by atoms with E-state index in [1.165, 1.54) is 0 Å². The summed E-state index contributed by atoms with van der Waals surface area (Å²) in [6.45, 7) is 0. The largest absolute Gasteiger partial charge is 0.319 e. The SMILES string of the molecule is Cn1c(C2(N)CC2)nc2c(Br)cccc2c1=O. The number of nitrogens with zero attached hydrogens (tertiary/aromatic N) is 2. The summed E-state index contributed by atoms with van der Waals surface area (Å²) < 4.78 is 2.40. The lowest BCUT2D eigenvalue weighted by Gasteiger charge is -2.14. The van der Waals surface area contributed by atoms with E-state index in [2.05, 4.69) is 20.9 Å². The molecule has 17 heavy (non-hydrogen) atoms. The zero-order valence-electron chi connectivity index (χ0n) is 9.40. The van der Waals surface area contributed by atoms with Gasteiger partial charge in [0.25, 0.3) is 5.56 Å². The topological polar surface area (TPSA) is 60.9 Å². The van der Waals surface area contributed by atoms with Crippen molar-refractivity contribution in [3.8, 4) is 0 Å². The van der Waals surface area contributed by atoms with Crippen molar-refractivity contribution in [3.05, 3.63) is 38.9 Å². The van der Waals surface area contributed by atoms with Crippen LogP contribution in [0.1, 0.15) is 18.7 Å². The fraction of sp³-hybridized carbons (Fsp3) is 0.333. The fourth-order valence-electron chi connectivity index (χ4n) is 2.06. The van der Waals surface area contributed by atoms with Crippen molar-refractivity contribution in [2.75, 3.05) is 0 Å². The maximum Gasteiger partial charge on any atom is 0.261 e. The number of hydrogen-bond donors (Lipinski definition) is 1. The van der Waals surface area contributed by atoms with Crippen LogP contribution in [0.3, 0.4) is 0 Å². The first kappa shape index (κ1) is 10.9. The smallest absolute Gasteiger partial charge is 0.261 e. The lowest BCUT2D eigenvalue weighted by molar-refractivity contribution is 0.608. The van der Waals surface area contributed by atoms with E-state index in [9.17, 15) is 4.79 Å². The third-order valence-electron chi connectivity index (χ3n) is 3.29. The summed E-state index contributed by atoms with van der Waals surface area (Å²) in [4.78, 5) is 16.8. The van der Waals surface area contributed by atoms with Crippen molar-refractivity contribution in [3.63, 3.8) is 0 Å². The maximum absolute atomic E-state index is 12.2. The minimum Gasteiger partial charge on any atom is -0.319 e. The Balaban J connectivity index is 2.44. The lowest BCUT2D eigenvalue weighted by atomic mass is 10.2. The molecule has 1 aliphatic rings. The van der Waals surface area contributed by atoms with Gasteiger partial charge in [0.05, 0.1) is 16.4 Å². The van der Waals surface area contributed by atoms with Crippen molar-refractivity contribution < 1.29 is 0 Å². The molecule has 3 rings (SSSR count). The molecule has 0 saturated heterocycles. The molecule has 5 heteroatoms. The summed E-state index contributed by atoms with van der Waals surface area (Å²) in [6.07, 6.45) is 1.78. The second-order valence-corrected chi connectivity index (χ2v) is 5.45. The Morgan fingerprint density at radius 3 is 2.82 bits per heavy atom. The van der Waals surface area contributed by atoms with E-state index in [1.54, 1.807) is 17.7 Å². The quantitative estimate of drug-likeness (QED) is 0.870. The molecule has 1 fully saturated rings. The second kappa shape index (κ2) is 3.40. The molecule has 0 aliphatic heterocycles. The van der Waals surface area contributed by atoms with E-state index < -0.39 is 5.54 Å². The van der Waals surface area contributed by atoms with Crippen molar-refractivity contribution in [2.45, 2.75) is 18.4 Å². The van der Waals surface area contributed by atoms with Crippen LogP contribution in [-0.4, -0.2) is 9.55 Å². The van der Waals surface area contributed by atoms with Crippen LogP contribution in [0.25, 0.3) is 10.9 Å². The predicted molar refractivity (Wildman–Crippen MR) is 69.8 cm³/mol. The number of hydrogen-bond acceptors (Lipinski definition) is 3. The van der Waals surface area contributed by atoms with Gasteiger partial charge in [0.2, 0.25) is 0 Å². The Kier molecular flexibility index (Phi) is 2.18. The van der Waals surface area contributed by atoms with Gasteiger partial charge in [0.1, 0.15) is 5.82 Å². The average molecular weight is 294 g/mol. The van der Waals surface area contributed by atoms with Crippen molar-refractivity contribution in [1.29, 1.82) is 0 Å². The molecular formula is C12H12BrN3O. The molecule has 1 saturated carbocycles. The maximum atomic E-state index is 12.2. The van der Waals surface area contributed by atoms with Gasteiger partial charge in [-0.1, -0.05) is 6.07 Å². The monoisotopic (exact) mass is 293 g/mol. The molecule has 0 atom stereocenters. The van der Waals surface area contributed by atoms with Crippen LogP contribution in [0.5, 0.6) is 0 Å². The summed E-state index contributed by atoms with van der Waals surface area (Å²) in [6, 6.07) is 5.51. The number of para-hydroxylation sites is 1. The summed E-state index contributed by atoms with van der Waals surface area (Å²) >= 11 is 3.43. The van der Waals surface area contributed by atoms with Crippen LogP contribution < -0.4 is 11.3 Å². The van der Waals surface area contributed by atoms with E-state index in [0.29, 0.717) is 16.7 Å². The summed E-state index contributed by atoms with van der Waals surface area (Å²) in [5.41, 5.74) is 6.39. The molecule has 1 aliphatic carbocycles. The van der Waals surface area contributed by atoms with Crippen molar-refractivity contribution >= 4 is 26.8 Å². The third-order valence-corrected chi connectivity index (χ3v) is 3.93. The van der Waals surface area contributed by atoms with Crippen LogP contribution in [0.2, 0.25) is 0 Å². The zero-order chi connectivity index (χ0) is 12.2. The Hall–Kier alpha value is -1.20. The molecule has 1 aromatic carbocycles. The molecule has 0 amide bonds. The van der Waals surface area contributed by atoms with Crippen molar-refractivity contribution in [2.24, 2.45) is 12.8 Å². The summed E-state index contributed by atoms with van der Waals surface area (Å²) in [5, 5.41) is 0.620. The molecule has 0 radical (unpaired) electrons. The van der Waals surface area contributed by atoms with Gasteiger partial charge in [-0.15, -0.1) is 0 Å². The van der Waals surface area contributed by atoms with E-state index >= 15 is 0 Å². The Morgan fingerprint density at radius 1 is 1.47 bits per heavy atom.